The Morgan fingerprint density at radius 2 is 2.12 bits per heavy atom. The number of carbonyl (C=O) groups excluding carboxylic acids is 1. The molecular formula is C15H10ClF3N2OS2. The lowest BCUT2D eigenvalue weighted by molar-refractivity contribution is -0.138. The van der Waals surface area contributed by atoms with Crippen LogP contribution in [0.1, 0.15) is 16.1 Å². The molecule has 0 amide bonds. The first kappa shape index (κ1) is 18.8. The van der Waals surface area contributed by atoms with Crippen molar-refractivity contribution in [3.63, 3.8) is 0 Å². The zero-order chi connectivity index (χ0) is 17.7. The lowest BCUT2D eigenvalue weighted by Gasteiger charge is -2.13. The Bertz CT molecular complexity index is 784. The van der Waals surface area contributed by atoms with E-state index in [-0.39, 0.29) is 18.4 Å². The molecule has 126 valence electrons. The third-order valence-corrected chi connectivity index (χ3v) is 4.75. The molecule has 0 aliphatic heterocycles. The minimum Gasteiger partial charge on any atom is -0.299 e. The number of carbonyl (C=O) groups is 1. The third kappa shape index (κ3) is 4.97. The molecular weight excluding hydrogens is 381 g/mol. The molecule has 0 aliphatic carbocycles. The minimum absolute atomic E-state index is 0.0852. The van der Waals surface area contributed by atoms with Gasteiger partial charge in [0, 0.05) is 6.42 Å². The summed E-state index contributed by atoms with van der Waals surface area (Å²) in [5.41, 5.74) is -1.12. The van der Waals surface area contributed by atoms with Crippen molar-refractivity contribution in [3.05, 3.63) is 39.4 Å². The summed E-state index contributed by atoms with van der Waals surface area (Å²) in [4.78, 5) is 16.2. The van der Waals surface area contributed by atoms with Gasteiger partial charge in [-0.15, -0.1) is 6.42 Å². The lowest BCUT2D eigenvalue weighted by atomic mass is 10.0. The number of Topliss-reactive ketones (excluding diaryl/α,β-unsaturated/α-hetero) is 1. The van der Waals surface area contributed by atoms with Gasteiger partial charge in [-0.2, -0.15) is 17.5 Å². The molecule has 0 atom stereocenters. The van der Waals surface area contributed by atoms with Crippen molar-refractivity contribution in [2.45, 2.75) is 24.2 Å². The van der Waals surface area contributed by atoms with Gasteiger partial charge in [-0.1, -0.05) is 41.4 Å². The standard InChI is InChI=1S/C15H10ClF3N2OS2/c1-2-6-23-14-20-12(24-21-14)8-10(22)7-9-4-3-5-11(16)13(9)15(17,18)19/h1,3-5H,6-8H2. The summed E-state index contributed by atoms with van der Waals surface area (Å²) in [5.74, 6) is 2.43. The number of hydrogen-bond donors (Lipinski definition) is 0. The number of aromatic nitrogens is 2. The highest BCUT2D eigenvalue weighted by molar-refractivity contribution is 7.99. The normalized spacial score (nSPS) is 11.3. The fourth-order valence-electron chi connectivity index (χ4n) is 1.95. The van der Waals surface area contributed by atoms with Gasteiger partial charge in [-0.05, 0) is 23.2 Å². The van der Waals surface area contributed by atoms with E-state index in [1.807, 2.05) is 0 Å². The number of halogens is 4. The smallest absolute Gasteiger partial charge is 0.299 e. The number of terminal acetylenes is 1. The predicted octanol–water partition coefficient (Wildman–Crippen LogP) is 4.29. The van der Waals surface area contributed by atoms with E-state index in [0.717, 1.165) is 17.6 Å². The third-order valence-electron chi connectivity index (χ3n) is 2.85. The maximum Gasteiger partial charge on any atom is 0.418 e. The van der Waals surface area contributed by atoms with Crippen molar-refractivity contribution in [1.29, 1.82) is 0 Å². The largest absolute Gasteiger partial charge is 0.418 e. The first-order valence-corrected chi connectivity index (χ1v) is 8.70. The summed E-state index contributed by atoms with van der Waals surface area (Å²) in [6.07, 6.45) is 0.0577. The second-order valence-electron chi connectivity index (χ2n) is 4.63. The number of rotatable bonds is 6. The Hall–Kier alpha value is -1.56. The van der Waals surface area contributed by atoms with Crippen molar-refractivity contribution in [3.8, 4) is 12.3 Å². The molecule has 0 bridgehead atoms. The Morgan fingerprint density at radius 1 is 1.38 bits per heavy atom. The molecule has 1 aromatic heterocycles. The predicted molar refractivity (Wildman–Crippen MR) is 88.3 cm³/mol. The average Bonchev–Trinajstić information content (AvgIpc) is 2.91. The molecule has 1 aromatic carbocycles. The molecule has 0 spiro atoms. The summed E-state index contributed by atoms with van der Waals surface area (Å²) >= 11 is 7.93. The summed E-state index contributed by atoms with van der Waals surface area (Å²) in [5, 5.41) is 0.478. The van der Waals surface area contributed by atoms with E-state index in [1.165, 1.54) is 23.9 Å². The lowest BCUT2D eigenvalue weighted by Crippen LogP contribution is -2.14. The highest BCUT2D eigenvalue weighted by atomic mass is 35.5. The van der Waals surface area contributed by atoms with Crippen molar-refractivity contribution in [2.24, 2.45) is 0 Å². The van der Waals surface area contributed by atoms with Gasteiger partial charge in [-0.25, -0.2) is 4.98 Å². The number of nitrogens with zero attached hydrogens (tertiary/aromatic N) is 2. The Labute approximate surface area is 149 Å². The average molecular weight is 391 g/mol. The minimum atomic E-state index is -4.62. The van der Waals surface area contributed by atoms with Gasteiger partial charge >= 0.3 is 6.18 Å². The molecule has 2 aromatic rings. The second kappa shape index (κ2) is 8.01. The molecule has 2 rings (SSSR count). The molecule has 0 aliphatic rings. The molecule has 0 fully saturated rings. The molecule has 24 heavy (non-hydrogen) atoms. The number of ketones is 1. The molecule has 1 heterocycles. The van der Waals surface area contributed by atoms with Gasteiger partial charge in [0.25, 0.3) is 0 Å². The number of benzene rings is 1. The van der Waals surface area contributed by atoms with E-state index in [4.69, 9.17) is 18.0 Å². The highest BCUT2D eigenvalue weighted by Gasteiger charge is 2.36. The van der Waals surface area contributed by atoms with Crippen molar-refractivity contribution in [2.75, 3.05) is 5.75 Å². The van der Waals surface area contributed by atoms with Crippen LogP contribution in [-0.4, -0.2) is 20.9 Å². The molecule has 0 unspecified atom stereocenters. The van der Waals surface area contributed by atoms with Gasteiger partial charge in [0.2, 0.25) is 5.16 Å². The van der Waals surface area contributed by atoms with Crippen molar-refractivity contribution >= 4 is 40.7 Å². The topological polar surface area (TPSA) is 42.9 Å². The number of thioether (sulfide) groups is 1. The van der Waals surface area contributed by atoms with Crippen LogP contribution in [0.15, 0.2) is 23.4 Å². The molecule has 0 N–H and O–H groups in total. The Morgan fingerprint density at radius 3 is 2.79 bits per heavy atom. The monoisotopic (exact) mass is 390 g/mol. The van der Waals surface area contributed by atoms with Crippen LogP contribution in [0.4, 0.5) is 13.2 Å². The van der Waals surface area contributed by atoms with Crippen LogP contribution in [0, 0.1) is 12.3 Å². The first-order chi connectivity index (χ1) is 11.3. The van der Waals surface area contributed by atoms with E-state index in [9.17, 15) is 18.0 Å². The first-order valence-electron chi connectivity index (χ1n) is 6.56. The fourth-order valence-corrected chi connectivity index (χ4v) is 3.60. The zero-order valence-electron chi connectivity index (χ0n) is 12.1. The van der Waals surface area contributed by atoms with Crippen molar-refractivity contribution in [1.82, 2.24) is 9.36 Å². The SMILES string of the molecule is C#CCSc1nsc(CC(=O)Cc2cccc(Cl)c2C(F)(F)F)n1. The Balaban J connectivity index is 2.09. The Kier molecular flexibility index (Phi) is 6.27. The second-order valence-corrected chi connectivity index (χ2v) is 6.81. The van der Waals surface area contributed by atoms with E-state index in [0.29, 0.717) is 15.9 Å². The summed E-state index contributed by atoms with van der Waals surface area (Å²) in [6.45, 7) is 0. The van der Waals surface area contributed by atoms with Gasteiger partial charge in [-0.3, -0.25) is 4.79 Å². The van der Waals surface area contributed by atoms with Crippen molar-refractivity contribution < 1.29 is 18.0 Å². The van der Waals surface area contributed by atoms with Gasteiger partial charge in [0.05, 0.1) is 22.8 Å². The molecule has 0 saturated carbocycles. The quantitative estimate of drug-likeness (QED) is 0.545. The van der Waals surface area contributed by atoms with Crippen LogP contribution in [0.5, 0.6) is 0 Å². The van der Waals surface area contributed by atoms with E-state index in [1.54, 1.807) is 0 Å². The fraction of sp³-hybridized carbons (Fsp3) is 0.267. The van der Waals surface area contributed by atoms with Crippen LogP contribution in [0.25, 0.3) is 0 Å². The van der Waals surface area contributed by atoms with Gasteiger partial charge in [0.15, 0.2) is 0 Å². The molecule has 3 nitrogen and oxygen atoms in total. The maximum absolute atomic E-state index is 13.1. The van der Waals surface area contributed by atoms with Crippen LogP contribution < -0.4 is 0 Å². The highest BCUT2D eigenvalue weighted by Crippen LogP contribution is 2.37. The molecule has 0 saturated heterocycles. The van der Waals surface area contributed by atoms with Gasteiger partial charge in [0.1, 0.15) is 10.8 Å². The van der Waals surface area contributed by atoms with E-state index >= 15 is 0 Å². The maximum atomic E-state index is 13.1. The van der Waals surface area contributed by atoms with Crippen LogP contribution in [0.3, 0.4) is 0 Å². The summed E-state index contributed by atoms with van der Waals surface area (Å²) in [6, 6.07) is 3.79. The zero-order valence-corrected chi connectivity index (χ0v) is 14.5. The van der Waals surface area contributed by atoms with Gasteiger partial charge < -0.3 is 0 Å². The van der Waals surface area contributed by atoms with E-state index in [2.05, 4.69) is 15.3 Å². The van der Waals surface area contributed by atoms with Crippen LogP contribution in [0.2, 0.25) is 5.02 Å². The van der Waals surface area contributed by atoms with E-state index < -0.39 is 22.5 Å². The summed E-state index contributed by atoms with van der Waals surface area (Å²) < 4.78 is 43.2. The molecule has 0 radical (unpaired) electrons. The van der Waals surface area contributed by atoms with Crippen LogP contribution >= 0.6 is 34.9 Å². The van der Waals surface area contributed by atoms with Crippen LogP contribution in [-0.2, 0) is 23.8 Å². The number of hydrogen-bond acceptors (Lipinski definition) is 5. The number of alkyl halides is 3. The molecule has 9 heteroatoms. The summed E-state index contributed by atoms with van der Waals surface area (Å²) in [7, 11) is 0.